The van der Waals surface area contributed by atoms with Crippen LogP contribution >= 0.6 is 11.3 Å². The van der Waals surface area contributed by atoms with E-state index in [9.17, 15) is 5.11 Å². The van der Waals surface area contributed by atoms with Crippen molar-refractivity contribution in [2.24, 2.45) is 0 Å². The largest absolute Gasteiger partial charge is 0.472 e. The van der Waals surface area contributed by atoms with E-state index in [0.717, 1.165) is 10.4 Å². The third kappa shape index (κ3) is 1.41. The van der Waals surface area contributed by atoms with Gasteiger partial charge in [0.1, 0.15) is 5.60 Å². The highest BCUT2D eigenvalue weighted by Crippen LogP contribution is 2.32. The summed E-state index contributed by atoms with van der Waals surface area (Å²) in [6.45, 7) is 1.77. The quantitative estimate of drug-likeness (QED) is 0.797. The SMILES string of the molecule is CC(O)(c1ccoc1)c1cccs1. The summed E-state index contributed by atoms with van der Waals surface area (Å²) in [6.07, 6.45) is 3.14. The highest BCUT2D eigenvalue weighted by Gasteiger charge is 2.27. The molecule has 68 valence electrons. The second-order valence-electron chi connectivity index (χ2n) is 3.06. The van der Waals surface area contributed by atoms with E-state index in [1.54, 1.807) is 25.5 Å². The van der Waals surface area contributed by atoms with Crippen LogP contribution in [0.15, 0.2) is 40.5 Å². The van der Waals surface area contributed by atoms with Crippen LogP contribution in [0.25, 0.3) is 0 Å². The average Bonchev–Trinajstić information content (AvgIpc) is 2.78. The van der Waals surface area contributed by atoms with Crippen molar-refractivity contribution in [2.45, 2.75) is 12.5 Å². The summed E-state index contributed by atoms with van der Waals surface area (Å²) in [5.41, 5.74) is -0.142. The van der Waals surface area contributed by atoms with Crippen molar-refractivity contribution < 1.29 is 9.52 Å². The molecule has 0 aliphatic heterocycles. The molecule has 2 heterocycles. The molecule has 1 unspecified atom stereocenters. The zero-order valence-corrected chi connectivity index (χ0v) is 8.04. The Labute approximate surface area is 80.4 Å². The topological polar surface area (TPSA) is 33.4 Å². The molecule has 13 heavy (non-hydrogen) atoms. The summed E-state index contributed by atoms with van der Waals surface area (Å²) in [6, 6.07) is 5.62. The molecule has 2 aromatic rings. The molecule has 0 spiro atoms. The van der Waals surface area contributed by atoms with Gasteiger partial charge in [0, 0.05) is 10.4 Å². The number of aliphatic hydroxyl groups is 1. The van der Waals surface area contributed by atoms with Crippen LogP contribution in [0.3, 0.4) is 0 Å². The molecule has 1 N–H and O–H groups in total. The van der Waals surface area contributed by atoms with Crippen molar-refractivity contribution in [3.63, 3.8) is 0 Å². The summed E-state index contributed by atoms with van der Waals surface area (Å²) in [7, 11) is 0. The lowest BCUT2D eigenvalue weighted by molar-refractivity contribution is 0.105. The number of hydrogen-bond donors (Lipinski definition) is 1. The van der Waals surface area contributed by atoms with E-state index in [1.165, 1.54) is 11.3 Å². The molecule has 1 atom stereocenters. The van der Waals surface area contributed by atoms with Gasteiger partial charge in [0.15, 0.2) is 0 Å². The van der Waals surface area contributed by atoms with Crippen molar-refractivity contribution in [1.29, 1.82) is 0 Å². The molecule has 2 aromatic heterocycles. The third-order valence-electron chi connectivity index (χ3n) is 2.08. The molecule has 2 nitrogen and oxygen atoms in total. The number of furan rings is 1. The molecule has 0 aromatic carbocycles. The van der Waals surface area contributed by atoms with E-state index in [1.807, 2.05) is 17.5 Å². The van der Waals surface area contributed by atoms with Crippen molar-refractivity contribution >= 4 is 11.3 Å². The summed E-state index contributed by atoms with van der Waals surface area (Å²) in [5, 5.41) is 12.1. The minimum Gasteiger partial charge on any atom is -0.472 e. The molecular formula is C10H10O2S. The minimum atomic E-state index is -0.929. The van der Waals surface area contributed by atoms with Gasteiger partial charge in [-0.05, 0) is 24.4 Å². The molecular weight excluding hydrogens is 184 g/mol. The van der Waals surface area contributed by atoms with E-state index in [-0.39, 0.29) is 0 Å². The van der Waals surface area contributed by atoms with Gasteiger partial charge in [0.25, 0.3) is 0 Å². The van der Waals surface area contributed by atoms with E-state index in [4.69, 9.17) is 4.42 Å². The lowest BCUT2D eigenvalue weighted by Crippen LogP contribution is -2.20. The highest BCUT2D eigenvalue weighted by molar-refractivity contribution is 7.10. The standard InChI is InChI=1S/C10H10O2S/c1-10(11,8-4-5-12-7-8)9-3-2-6-13-9/h2-7,11H,1H3. The molecule has 0 radical (unpaired) electrons. The van der Waals surface area contributed by atoms with Crippen molar-refractivity contribution in [3.05, 3.63) is 46.5 Å². The molecule has 0 aliphatic rings. The summed E-state index contributed by atoms with van der Waals surface area (Å²) >= 11 is 1.54. The fourth-order valence-electron chi connectivity index (χ4n) is 1.24. The second-order valence-corrected chi connectivity index (χ2v) is 4.01. The monoisotopic (exact) mass is 194 g/mol. The van der Waals surface area contributed by atoms with E-state index >= 15 is 0 Å². The first-order valence-electron chi connectivity index (χ1n) is 4.00. The average molecular weight is 194 g/mol. The fourth-order valence-corrected chi connectivity index (χ4v) is 2.05. The molecule has 3 heteroatoms. The van der Waals surface area contributed by atoms with Crippen LogP contribution in [-0.2, 0) is 5.60 Å². The Morgan fingerprint density at radius 1 is 1.46 bits per heavy atom. The van der Waals surface area contributed by atoms with Crippen LogP contribution in [0.2, 0.25) is 0 Å². The third-order valence-corrected chi connectivity index (χ3v) is 3.16. The number of thiophene rings is 1. The van der Waals surface area contributed by atoms with Crippen LogP contribution < -0.4 is 0 Å². The smallest absolute Gasteiger partial charge is 0.124 e. The Balaban J connectivity index is 2.42. The maximum Gasteiger partial charge on any atom is 0.124 e. The van der Waals surface area contributed by atoms with Crippen LogP contribution in [0, 0.1) is 0 Å². The predicted octanol–water partition coefficient (Wildman–Crippen LogP) is 2.60. The first-order chi connectivity index (χ1) is 6.21. The van der Waals surface area contributed by atoms with Gasteiger partial charge in [-0.3, -0.25) is 0 Å². The number of rotatable bonds is 2. The summed E-state index contributed by atoms with van der Waals surface area (Å²) in [5.74, 6) is 0. The van der Waals surface area contributed by atoms with Gasteiger partial charge >= 0.3 is 0 Å². The van der Waals surface area contributed by atoms with Gasteiger partial charge in [-0.15, -0.1) is 11.3 Å². The Morgan fingerprint density at radius 3 is 2.85 bits per heavy atom. The Morgan fingerprint density at radius 2 is 2.31 bits per heavy atom. The van der Waals surface area contributed by atoms with E-state index in [0.29, 0.717) is 0 Å². The maximum absolute atomic E-state index is 10.2. The lowest BCUT2D eigenvalue weighted by atomic mass is 9.97. The minimum absolute atomic E-state index is 0.787. The van der Waals surface area contributed by atoms with Crippen molar-refractivity contribution in [1.82, 2.24) is 0 Å². The van der Waals surface area contributed by atoms with Crippen molar-refractivity contribution in [3.8, 4) is 0 Å². The molecule has 0 saturated carbocycles. The highest BCUT2D eigenvalue weighted by atomic mass is 32.1. The predicted molar refractivity (Wildman–Crippen MR) is 51.7 cm³/mol. The van der Waals surface area contributed by atoms with Crippen LogP contribution in [0.1, 0.15) is 17.4 Å². The summed E-state index contributed by atoms with van der Waals surface area (Å²) in [4.78, 5) is 0.925. The van der Waals surface area contributed by atoms with E-state index in [2.05, 4.69) is 0 Å². The van der Waals surface area contributed by atoms with Gasteiger partial charge in [-0.1, -0.05) is 6.07 Å². The first-order valence-corrected chi connectivity index (χ1v) is 4.88. The second kappa shape index (κ2) is 3.01. The molecule has 0 fully saturated rings. The maximum atomic E-state index is 10.2. The van der Waals surface area contributed by atoms with Gasteiger partial charge in [0.05, 0.1) is 12.5 Å². The molecule has 2 rings (SSSR count). The Bertz CT molecular complexity index is 323. The zero-order valence-electron chi connectivity index (χ0n) is 7.23. The summed E-state index contributed by atoms with van der Waals surface area (Å²) < 4.78 is 4.94. The van der Waals surface area contributed by atoms with Crippen molar-refractivity contribution in [2.75, 3.05) is 0 Å². The molecule has 0 bridgehead atoms. The molecule has 0 aliphatic carbocycles. The lowest BCUT2D eigenvalue weighted by Gasteiger charge is -2.19. The van der Waals surface area contributed by atoms with Gasteiger partial charge < -0.3 is 9.52 Å². The van der Waals surface area contributed by atoms with Gasteiger partial charge in [-0.2, -0.15) is 0 Å². The normalized spacial score (nSPS) is 15.5. The molecule has 0 saturated heterocycles. The van der Waals surface area contributed by atoms with Crippen LogP contribution in [-0.4, -0.2) is 5.11 Å². The molecule has 0 amide bonds. The first kappa shape index (κ1) is 8.53. The van der Waals surface area contributed by atoms with Gasteiger partial charge in [0.2, 0.25) is 0 Å². The van der Waals surface area contributed by atoms with Gasteiger partial charge in [-0.25, -0.2) is 0 Å². The fraction of sp³-hybridized carbons (Fsp3) is 0.200. The van der Waals surface area contributed by atoms with E-state index < -0.39 is 5.60 Å². The Hall–Kier alpha value is -1.06. The Kier molecular flexibility index (Phi) is 1.98. The number of hydrogen-bond acceptors (Lipinski definition) is 3. The van der Waals surface area contributed by atoms with Crippen LogP contribution in [0.5, 0.6) is 0 Å². The van der Waals surface area contributed by atoms with Crippen LogP contribution in [0.4, 0.5) is 0 Å². The zero-order chi connectivity index (χ0) is 9.31.